The molecular formula is C23H22N6O2. The number of aromatic nitrogens is 4. The molecule has 1 aliphatic carbocycles. The van der Waals surface area contributed by atoms with E-state index in [9.17, 15) is 0 Å². The third-order valence-corrected chi connectivity index (χ3v) is 6.38. The van der Waals surface area contributed by atoms with E-state index >= 15 is 0 Å². The maximum atomic E-state index is 5.44. The van der Waals surface area contributed by atoms with Crippen LogP contribution in [0.3, 0.4) is 0 Å². The summed E-state index contributed by atoms with van der Waals surface area (Å²) < 4.78 is 12.5. The zero-order valence-corrected chi connectivity index (χ0v) is 17.5. The number of methoxy groups -OCH3 is 2. The minimum Gasteiger partial charge on any atom is -0.497 e. The lowest BCUT2D eigenvalue weighted by Gasteiger charge is -2.11. The highest BCUT2D eigenvalue weighted by atomic mass is 16.5. The van der Waals surface area contributed by atoms with Crippen LogP contribution in [0.4, 0.5) is 17.3 Å². The first kappa shape index (κ1) is 18.0. The Morgan fingerprint density at radius 1 is 1.13 bits per heavy atom. The van der Waals surface area contributed by atoms with Crippen LogP contribution in [0.1, 0.15) is 23.5 Å². The van der Waals surface area contributed by atoms with E-state index in [4.69, 9.17) is 9.47 Å². The van der Waals surface area contributed by atoms with E-state index < -0.39 is 0 Å². The molecule has 2 aromatic heterocycles. The number of benzene rings is 2. The average molecular weight is 414 g/mol. The Kier molecular flexibility index (Phi) is 3.68. The molecular weight excluding hydrogens is 392 g/mol. The topological polar surface area (TPSA) is 89.3 Å². The van der Waals surface area contributed by atoms with Gasteiger partial charge in [-0.2, -0.15) is 10.2 Å². The molecule has 0 bridgehead atoms. The molecule has 4 aromatic rings. The van der Waals surface area contributed by atoms with E-state index in [-0.39, 0.29) is 5.41 Å². The van der Waals surface area contributed by atoms with E-state index in [0.29, 0.717) is 17.5 Å². The van der Waals surface area contributed by atoms with Crippen LogP contribution in [0.2, 0.25) is 0 Å². The average Bonchev–Trinajstić information content (AvgIpc) is 3.02. The van der Waals surface area contributed by atoms with Crippen LogP contribution in [0, 0.1) is 0 Å². The molecule has 1 fully saturated rings. The number of rotatable bonds is 5. The summed E-state index contributed by atoms with van der Waals surface area (Å²) in [6.45, 7) is 0. The van der Waals surface area contributed by atoms with Gasteiger partial charge >= 0.3 is 0 Å². The maximum absolute atomic E-state index is 5.44. The Morgan fingerprint density at radius 3 is 2.87 bits per heavy atom. The molecule has 3 heterocycles. The molecule has 8 nitrogen and oxygen atoms in total. The van der Waals surface area contributed by atoms with Gasteiger partial charge in [0.25, 0.3) is 0 Å². The highest BCUT2D eigenvalue weighted by Gasteiger charge is 2.58. The molecule has 2 aromatic carbocycles. The highest BCUT2D eigenvalue weighted by Crippen LogP contribution is 2.64. The fraction of sp³-hybridized carbons (Fsp3) is 0.261. The lowest BCUT2D eigenvalue weighted by molar-refractivity contribution is 0.414. The van der Waals surface area contributed by atoms with Crippen LogP contribution >= 0.6 is 0 Å². The number of hydrogen-bond donors (Lipinski definition) is 2. The van der Waals surface area contributed by atoms with E-state index in [1.165, 1.54) is 11.1 Å². The number of fused-ring (bicyclic) bond motifs is 3. The summed E-state index contributed by atoms with van der Waals surface area (Å²) >= 11 is 0. The van der Waals surface area contributed by atoms with Crippen molar-refractivity contribution in [3.8, 4) is 11.5 Å². The summed E-state index contributed by atoms with van der Waals surface area (Å²) in [5.74, 6) is 3.30. The Bertz CT molecular complexity index is 1350. The summed E-state index contributed by atoms with van der Waals surface area (Å²) in [6, 6.07) is 12.6. The van der Waals surface area contributed by atoms with Gasteiger partial charge in [-0.3, -0.25) is 14.8 Å². The Balaban J connectivity index is 1.31. The van der Waals surface area contributed by atoms with Crippen LogP contribution in [0.15, 0.2) is 47.6 Å². The normalized spacial score (nSPS) is 20.9. The summed E-state index contributed by atoms with van der Waals surface area (Å²) in [7, 11) is 5.18. The van der Waals surface area contributed by atoms with Crippen molar-refractivity contribution in [2.24, 2.45) is 12.0 Å². The van der Waals surface area contributed by atoms with Gasteiger partial charge in [0.15, 0.2) is 17.4 Å². The van der Waals surface area contributed by atoms with E-state index in [1.54, 1.807) is 18.9 Å². The molecule has 0 radical (unpaired) electrons. The van der Waals surface area contributed by atoms with Crippen molar-refractivity contribution >= 4 is 34.4 Å². The molecule has 0 saturated heterocycles. The second-order valence-corrected chi connectivity index (χ2v) is 8.16. The van der Waals surface area contributed by atoms with Gasteiger partial charge in [-0.1, -0.05) is 6.07 Å². The predicted octanol–water partition coefficient (Wildman–Crippen LogP) is 4.20. The lowest BCUT2D eigenvalue weighted by atomic mass is 9.92. The molecule has 0 unspecified atom stereocenters. The third kappa shape index (κ3) is 2.64. The monoisotopic (exact) mass is 414 g/mol. The molecule has 8 heteroatoms. The number of aliphatic imine (C=N–C) groups is 1. The molecule has 156 valence electrons. The number of hydrogen-bond acceptors (Lipinski definition) is 6. The summed E-state index contributed by atoms with van der Waals surface area (Å²) in [5, 5.41) is 16.3. The van der Waals surface area contributed by atoms with Crippen molar-refractivity contribution in [1.29, 1.82) is 0 Å². The van der Waals surface area contributed by atoms with Crippen LogP contribution < -0.4 is 14.8 Å². The van der Waals surface area contributed by atoms with Crippen molar-refractivity contribution < 1.29 is 9.47 Å². The number of aryl methyl sites for hydroxylation is 1. The standard InChI is InChI=1S/C23H22N6O2/c1-29-11-20(31-3)22(28-29)25-21-15-6-4-13(8-19(15)26-27-21)17-10-23(17)12-24-18-7-5-14(30-2)9-16(18)23/h4-9,11-12,17H,10H2,1-3H3,(H2,25,26,27,28)/t17-,23-/m0/s1. The van der Waals surface area contributed by atoms with Crippen molar-refractivity contribution in [2.45, 2.75) is 17.8 Å². The number of H-pyrrole nitrogens is 1. The van der Waals surface area contributed by atoms with Crippen LogP contribution in [0.5, 0.6) is 11.5 Å². The Labute approximate surface area is 178 Å². The van der Waals surface area contributed by atoms with Gasteiger partial charge in [0.05, 0.1) is 31.6 Å². The molecule has 1 spiro atoms. The largest absolute Gasteiger partial charge is 0.497 e. The van der Waals surface area contributed by atoms with Crippen LogP contribution in [0.25, 0.3) is 10.9 Å². The first-order valence-corrected chi connectivity index (χ1v) is 10.2. The molecule has 2 N–H and O–H groups in total. The zero-order valence-electron chi connectivity index (χ0n) is 17.5. The Morgan fingerprint density at radius 2 is 2.03 bits per heavy atom. The van der Waals surface area contributed by atoms with Crippen molar-refractivity contribution in [3.05, 3.63) is 53.7 Å². The molecule has 31 heavy (non-hydrogen) atoms. The lowest BCUT2D eigenvalue weighted by Crippen LogP contribution is -2.07. The fourth-order valence-electron chi connectivity index (χ4n) is 4.68. The van der Waals surface area contributed by atoms with E-state index in [0.717, 1.165) is 34.6 Å². The number of nitrogens with one attached hydrogen (secondary N) is 2. The van der Waals surface area contributed by atoms with Gasteiger partial charge in [0.2, 0.25) is 0 Å². The van der Waals surface area contributed by atoms with Gasteiger partial charge in [-0.05, 0) is 53.8 Å². The minimum absolute atomic E-state index is 0.0278. The zero-order chi connectivity index (χ0) is 21.2. The molecule has 2 aliphatic rings. The number of nitrogens with zero attached hydrogens (tertiary/aromatic N) is 4. The predicted molar refractivity (Wildman–Crippen MR) is 119 cm³/mol. The first-order valence-electron chi connectivity index (χ1n) is 10.2. The fourth-order valence-corrected chi connectivity index (χ4v) is 4.68. The van der Waals surface area contributed by atoms with Gasteiger partial charge in [-0.15, -0.1) is 0 Å². The molecule has 0 amide bonds. The Hall–Kier alpha value is -3.81. The van der Waals surface area contributed by atoms with Crippen LogP contribution in [-0.4, -0.2) is 40.4 Å². The second kappa shape index (κ2) is 6.34. The van der Waals surface area contributed by atoms with Crippen molar-refractivity contribution in [3.63, 3.8) is 0 Å². The highest BCUT2D eigenvalue weighted by molar-refractivity contribution is 5.94. The third-order valence-electron chi connectivity index (χ3n) is 6.38. The molecule has 6 rings (SSSR count). The summed E-state index contributed by atoms with van der Waals surface area (Å²) in [4.78, 5) is 4.67. The van der Waals surface area contributed by atoms with Gasteiger partial charge < -0.3 is 14.8 Å². The number of anilines is 2. The van der Waals surface area contributed by atoms with Crippen molar-refractivity contribution in [1.82, 2.24) is 20.0 Å². The van der Waals surface area contributed by atoms with E-state index in [1.807, 2.05) is 25.4 Å². The summed E-state index contributed by atoms with van der Waals surface area (Å²) in [5.41, 5.74) is 4.53. The number of ether oxygens (including phenoxy) is 2. The van der Waals surface area contributed by atoms with Gasteiger partial charge in [-0.25, -0.2) is 0 Å². The van der Waals surface area contributed by atoms with Crippen LogP contribution in [-0.2, 0) is 12.5 Å². The number of aromatic amines is 1. The van der Waals surface area contributed by atoms with Gasteiger partial charge in [0, 0.05) is 24.1 Å². The van der Waals surface area contributed by atoms with E-state index in [2.05, 4.69) is 56.1 Å². The van der Waals surface area contributed by atoms with Gasteiger partial charge in [0.1, 0.15) is 5.75 Å². The molecule has 2 atom stereocenters. The quantitative estimate of drug-likeness (QED) is 0.511. The second-order valence-electron chi connectivity index (χ2n) is 8.16. The van der Waals surface area contributed by atoms with Crippen molar-refractivity contribution in [2.75, 3.05) is 19.5 Å². The SMILES string of the molecule is COc1ccc2c(c1)[C@@]1(C=N2)C[C@H]1c1ccc2c(Nc3nn(C)cc3OC)n[nH]c2c1. The molecule has 1 aliphatic heterocycles. The summed E-state index contributed by atoms with van der Waals surface area (Å²) in [6.07, 6.45) is 4.98. The maximum Gasteiger partial charge on any atom is 0.196 e. The first-order chi connectivity index (χ1) is 15.1. The smallest absolute Gasteiger partial charge is 0.196 e. The minimum atomic E-state index is -0.0278. The molecule has 1 saturated carbocycles.